The molecule has 0 bridgehead atoms. The van der Waals surface area contributed by atoms with Crippen molar-refractivity contribution in [2.45, 2.75) is 25.6 Å². The molecule has 4 aromatic rings. The highest BCUT2D eigenvalue weighted by Crippen LogP contribution is 2.31. The zero-order valence-electron chi connectivity index (χ0n) is 16.9. The van der Waals surface area contributed by atoms with Crippen molar-refractivity contribution in [2.24, 2.45) is 7.05 Å². The molecule has 10 heteroatoms. The predicted octanol–water partition coefficient (Wildman–Crippen LogP) is 3.77. The van der Waals surface area contributed by atoms with Crippen molar-refractivity contribution >= 4 is 10.9 Å². The molecule has 0 spiro atoms. The van der Waals surface area contributed by atoms with Gasteiger partial charge >= 0.3 is 6.18 Å². The first-order valence-electron chi connectivity index (χ1n) is 9.66. The van der Waals surface area contributed by atoms with E-state index >= 15 is 0 Å². The zero-order valence-corrected chi connectivity index (χ0v) is 16.9. The molecule has 0 aliphatic heterocycles. The summed E-state index contributed by atoms with van der Waals surface area (Å²) in [4.78, 5) is 8.02. The molecule has 1 atom stereocenters. The Morgan fingerprint density at radius 1 is 1.16 bits per heavy atom. The van der Waals surface area contributed by atoms with Crippen LogP contribution in [-0.2, 0) is 19.8 Å². The maximum atomic E-state index is 13.2. The summed E-state index contributed by atoms with van der Waals surface area (Å²) >= 11 is 0. The molecule has 4 rings (SSSR count). The fourth-order valence-corrected chi connectivity index (χ4v) is 3.59. The zero-order chi connectivity index (χ0) is 22.2. The molecule has 0 fully saturated rings. The van der Waals surface area contributed by atoms with Crippen LogP contribution in [0.2, 0.25) is 0 Å². The highest BCUT2D eigenvalue weighted by atomic mass is 19.4. The summed E-state index contributed by atoms with van der Waals surface area (Å²) < 4.78 is 42.7. The number of aryl methyl sites for hydroxylation is 1. The molecule has 0 aliphatic rings. The van der Waals surface area contributed by atoms with Gasteiger partial charge < -0.3 is 15.0 Å². The minimum Gasteiger partial charge on any atom is -0.508 e. The van der Waals surface area contributed by atoms with E-state index in [0.717, 1.165) is 27.2 Å². The Morgan fingerprint density at radius 3 is 2.61 bits per heavy atom. The molecule has 0 amide bonds. The van der Waals surface area contributed by atoms with Gasteiger partial charge in [-0.05, 0) is 41.8 Å². The Balaban J connectivity index is 1.53. The average molecular weight is 430 g/mol. The molecule has 7 nitrogen and oxygen atoms in total. The van der Waals surface area contributed by atoms with E-state index in [4.69, 9.17) is 0 Å². The molecule has 0 saturated carbocycles. The van der Waals surface area contributed by atoms with E-state index in [1.54, 1.807) is 18.2 Å². The van der Waals surface area contributed by atoms with E-state index in [-0.39, 0.29) is 24.2 Å². The number of fused-ring (bicyclic) bond motifs is 1. The van der Waals surface area contributed by atoms with E-state index in [1.807, 2.05) is 30.8 Å². The summed E-state index contributed by atoms with van der Waals surface area (Å²) in [5.74, 6) is 0.316. The lowest BCUT2D eigenvalue weighted by Crippen LogP contribution is -2.21. The Hall–Kier alpha value is -3.40. The van der Waals surface area contributed by atoms with E-state index in [2.05, 4.69) is 20.4 Å². The number of rotatable bonds is 6. The number of hydrogen-bond acceptors (Lipinski definition) is 5. The van der Waals surface area contributed by atoms with Crippen LogP contribution in [-0.4, -0.2) is 36.0 Å². The van der Waals surface area contributed by atoms with Gasteiger partial charge in [-0.2, -0.15) is 18.3 Å². The Labute approximate surface area is 176 Å². The fourth-order valence-electron chi connectivity index (χ4n) is 3.59. The van der Waals surface area contributed by atoms with Crippen LogP contribution in [0, 0.1) is 0 Å². The van der Waals surface area contributed by atoms with Crippen LogP contribution in [0.5, 0.6) is 5.75 Å². The molecule has 0 aliphatic carbocycles. The first-order valence-corrected chi connectivity index (χ1v) is 9.66. The number of halogens is 3. The van der Waals surface area contributed by atoms with Gasteiger partial charge in [-0.25, -0.2) is 14.6 Å². The maximum Gasteiger partial charge on any atom is 0.435 e. The number of phenols is 1. The van der Waals surface area contributed by atoms with Crippen LogP contribution in [0.25, 0.3) is 16.9 Å². The molecular formula is C21H21F3N6O. The second-order valence-electron chi connectivity index (χ2n) is 7.41. The second kappa shape index (κ2) is 8.03. The number of aromatic hydroxyl groups is 1. The topological polar surface area (TPSA) is 80.8 Å². The summed E-state index contributed by atoms with van der Waals surface area (Å²) in [7, 11) is 1.93. The molecular weight excluding hydrogens is 409 g/mol. The van der Waals surface area contributed by atoms with Crippen LogP contribution in [0.15, 0.2) is 48.9 Å². The highest BCUT2D eigenvalue weighted by Gasteiger charge is 2.35. The number of phenolic OH excluding ortho intramolecular Hbond substituents is 1. The van der Waals surface area contributed by atoms with Crippen molar-refractivity contribution in [2.75, 3.05) is 6.54 Å². The monoisotopic (exact) mass is 430 g/mol. The number of nitrogens with zero attached hydrogens (tertiary/aromatic N) is 5. The van der Waals surface area contributed by atoms with Gasteiger partial charge in [0.2, 0.25) is 0 Å². The van der Waals surface area contributed by atoms with Gasteiger partial charge in [-0.3, -0.25) is 0 Å². The lowest BCUT2D eigenvalue weighted by atomic mass is 10.0. The van der Waals surface area contributed by atoms with Crippen LogP contribution in [0.3, 0.4) is 0 Å². The third kappa shape index (κ3) is 4.24. The third-order valence-electron chi connectivity index (χ3n) is 5.11. The predicted molar refractivity (Wildman–Crippen MR) is 109 cm³/mol. The largest absolute Gasteiger partial charge is 0.508 e. The molecule has 162 valence electrons. The number of alkyl halides is 3. The van der Waals surface area contributed by atoms with Crippen molar-refractivity contribution < 1.29 is 18.3 Å². The van der Waals surface area contributed by atoms with Crippen molar-refractivity contribution in [1.29, 1.82) is 0 Å². The van der Waals surface area contributed by atoms with Gasteiger partial charge in [-0.1, -0.05) is 6.92 Å². The SMILES string of the molecule is CC(CNCc1cc(C(F)(F)F)nn1-c1ncccn1)c1cn(C)c2ccc(O)cc12. The summed E-state index contributed by atoms with van der Waals surface area (Å²) in [5.41, 5.74) is 1.35. The summed E-state index contributed by atoms with van der Waals surface area (Å²) in [5, 5.41) is 17.6. The maximum absolute atomic E-state index is 13.2. The van der Waals surface area contributed by atoms with Crippen LogP contribution >= 0.6 is 0 Å². The standard InChI is InChI=1S/C21H21F3N6O/c1-13(17-12-29(2)18-5-4-15(31)9-16(17)18)10-25-11-14-8-19(21(22,23)24)28-30(14)20-26-6-3-7-27-20/h3-9,12-13,25,31H,10-11H2,1-2H3. The van der Waals surface area contributed by atoms with E-state index < -0.39 is 11.9 Å². The molecule has 1 unspecified atom stereocenters. The van der Waals surface area contributed by atoms with Gasteiger partial charge in [0.05, 0.1) is 5.69 Å². The van der Waals surface area contributed by atoms with E-state index in [0.29, 0.717) is 12.2 Å². The van der Waals surface area contributed by atoms with E-state index in [9.17, 15) is 18.3 Å². The first-order chi connectivity index (χ1) is 14.7. The molecule has 0 radical (unpaired) electrons. The number of nitrogens with one attached hydrogen (secondary N) is 1. The first kappa shape index (κ1) is 20.9. The number of hydrogen-bond donors (Lipinski definition) is 2. The molecule has 3 heterocycles. The van der Waals surface area contributed by atoms with Crippen molar-refractivity contribution in [3.05, 3.63) is 65.9 Å². The third-order valence-corrected chi connectivity index (χ3v) is 5.11. The fraction of sp³-hybridized carbons (Fsp3) is 0.286. The molecule has 31 heavy (non-hydrogen) atoms. The smallest absolute Gasteiger partial charge is 0.435 e. The normalized spacial score (nSPS) is 13.1. The summed E-state index contributed by atoms with van der Waals surface area (Å²) in [6.07, 6.45) is 0.340. The van der Waals surface area contributed by atoms with Gasteiger partial charge in [0.15, 0.2) is 5.69 Å². The Bertz CT molecular complexity index is 1200. The van der Waals surface area contributed by atoms with Crippen molar-refractivity contribution in [3.63, 3.8) is 0 Å². The van der Waals surface area contributed by atoms with Gasteiger partial charge in [-0.15, -0.1) is 0 Å². The molecule has 2 N–H and O–H groups in total. The van der Waals surface area contributed by atoms with Gasteiger partial charge in [0.1, 0.15) is 5.75 Å². The van der Waals surface area contributed by atoms with Crippen molar-refractivity contribution in [3.8, 4) is 11.7 Å². The summed E-state index contributed by atoms with van der Waals surface area (Å²) in [6.45, 7) is 2.68. The molecule has 0 saturated heterocycles. The minimum absolute atomic E-state index is 0.0527. The highest BCUT2D eigenvalue weighted by molar-refractivity contribution is 5.85. The lowest BCUT2D eigenvalue weighted by Gasteiger charge is -2.13. The number of benzene rings is 1. The quantitative estimate of drug-likeness (QED) is 0.487. The summed E-state index contributed by atoms with van der Waals surface area (Å²) in [6, 6.07) is 7.80. The van der Waals surface area contributed by atoms with Crippen LogP contribution in [0.4, 0.5) is 13.2 Å². The van der Waals surface area contributed by atoms with Gasteiger partial charge in [0, 0.05) is 49.6 Å². The molecule has 3 aromatic heterocycles. The average Bonchev–Trinajstić information content (AvgIpc) is 3.30. The Morgan fingerprint density at radius 2 is 1.90 bits per heavy atom. The minimum atomic E-state index is -4.56. The van der Waals surface area contributed by atoms with E-state index in [1.165, 1.54) is 12.4 Å². The van der Waals surface area contributed by atoms with Gasteiger partial charge in [0.25, 0.3) is 5.95 Å². The Kier molecular flexibility index (Phi) is 5.40. The second-order valence-corrected chi connectivity index (χ2v) is 7.41. The molecule has 1 aromatic carbocycles. The van der Waals surface area contributed by atoms with Crippen LogP contribution < -0.4 is 5.32 Å². The van der Waals surface area contributed by atoms with Crippen LogP contribution in [0.1, 0.15) is 29.8 Å². The number of aromatic nitrogens is 5. The lowest BCUT2D eigenvalue weighted by molar-refractivity contribution is -0.141. The van der Waals surface area contributed by atoms with Crippen molar-refractivity contribution in [1.82, 2.24) is 29.6 Å².